The topological polar surface area (TPSA) is 117 Å². The number of nitrogens with zero attached hydrogens (tertiary/aromatic N) is 1. The van der Waals surface area contributed by atoms with Gasteiger partial charge in [0, 0.05) is 25.6 Å². The maximum absolute atomic E-state index is 13.0. The Morgan fingerprint density at radius 3 is 2.61 bits per heavy atom. The number of rotatable bonds is 4. The zero-order valence-electron chi connectivity index (χ0n) is 17.2. The van der Waals surface area contributed by atoms with Gasteiger partial charge < -0.3 is 15.4 Å². The number of carbonyl (C=O) groups is 4. The summed E-state index contributed by atoms with van der Waals surface area (Å²) < 4.78 is 6.12. The van der Waals surface area contributed by atoms with Gasteiger partial charge in [0.15, 0.2) is 0 Å². The number of carbonyl (C=O) groups excluding carboxylic acids is 4. The van der Waals surface area contributed by atoms with Crippen LogP contribution in [0.4, 0.5) is 0 Å². The van der Waals surface area contributed by atoms with Crippen molar-refractivity contribution in [1.29, 1.82) is 0 Å². The van der Waals surface area contributed by atoms with Gasteiger partial charge in [-0.1, -0.05) is 6.07 Å². The van der Waals surface area contributed by atoms with Crippen molar-refractivity contribution in [3.05, 3.63) is 34.9 Å². The third kappa shape index (κ3) is 3.46. The fourth-order valence-corrected chi connectivity index (χ4v) is 5.24. The molecule has 3 fully saturated rings. The first kappa shape index (κ1) is 20.3. The molecule has 4 heterocycles. The van der Waals surface area contributed by atoms with E-state index in [0.29, 0.717) is 17.7 Å². The highest BCUT2D eigenvalue weighted by atomic mass is 16.5. The Morgan fingerprint density at radius 2 is 1.84 bits per heavy atom. The molecule has 9 heteroatoms. The van der Waals surface area contributed by atoms with Crippen LogP contribution in [-0.2, 0) is 20.9 Å². The summed E-state index contributed by atoms with van der Waals surface area (Å²) >= 11 is 0. The molecule has 164 valence electrons. The molecular weight excluding hydrogens is 400 g/mol. The second kappa shape index (κ2) is 7.81. The molecular formula is C22H26N4O5. The van der Waals surface area contributed by atoms with Gasteiger partial charge in [-0.15, -0.1) is 0 Å². The molecule has 3 N–H and O–H groups in total. The van der Waals surface area contributed by atoms with Gasteiger partial charge in [0.25, 0.3) is 11.8 Å². The molecule has 3 saturated heterocycles. The standard InChI is InChI=1S/C22H26N4O5/c27-18-4-3-16(19(28)25-18)26-20(29)14-2-1-13(11-15(14)21(26)30)12-24-17-5-10-31-22(17)6-8-23-9-7-22/h1-2,11,16-17,23-24H,3-10,12H2,(H,25,27,28). The summed E-state index contributed by atoms with van der Waals surface area (Å²) in [6, 6.07) is 4.54. The SMILES string of the molecule is O=C1CCC(N2C(=O)c3ccc(CNC4CCOC45CCNCC5)cc3C2=O)C(=O)N1. The van der Waals surface area contributed by atoms with E-state index in [2.05, 4.69) is 16.0 Å². The highest BCUT2D eigenvalue weighted by Crippen LogP contribution is 2.34. The largest absolute Gasteiger partial charge is 0.373 e. The number of fused-ring (bicyclic) bond motifs is 1. The molecule has 0 radical (unpaired) electrons. The molecule has 31 heavy (non-hydrogen) atoms. The van der Waals surface area contributed by atoms with Crippen LogP contribution in [0.15, 0.2) is 18.2 Å². The molecule has 1 aromatic rings. The van der Waals surface area contributed by atoms with Crippen LogP contribution >= 0.6 is 0 Å². The van der Waals surface area contributed by atoms with E-state index in [-0.39, 0.29) is 30.4 Å². The summed E-state index contributed by atoms with van der Waals surface area (Å²) in [5.41, 5.74) is 1.39. The van der Waals surface area contributed by atoms with Gasteiger partial charge in [-0.05, 0) is 56.5 Å². The van der Waals surface area contributed by atoms with Crippen molar-refractivity contribution in [1.82, 2.24) is 20.9 Å². The summed E-state index contributed by atoms with van der Waals surface area (Å²) in [6.45, 7) is 3.21. The minimum atomic E-state index is -0.943. The number of hydrogen-bond donors (Lipinski definition) is 3. The van der Waals surface area contributed by atoms with Crippen LogP contribution in [0.25, 0.3) is 0 Å². The normalized spacial score (nSPS) is 27.7. The van der Waals surface area contributed by atoms with E-state index in [1.807, 2.05) is 6.07 Å². The maximum atomic E-state index is 13.0. The molecule has 4 aliphatic heterocycles. The summed E-state index contributed by atoms with van der Waals surface area (Å²) in [5, 5.41) is 9.19. The summed E-state index contributed by atoms with van der Waals surface area (Å²) in [4.78, 5) is 50.4. The van der Waals surface area contributed by atoms with Crippen molar-refractivity contribution >= 4 is 23.6 Å². The quantitative estimate of drug-likeness (QED) is 0.584. The van der Waals surface area contributed by atoms with Gasteiger partial charge in [0.05, 0.1) is 16.7 Å². The van der Waals surface area contributed by atoms with E-state index in [1.54, 1.807) is 12.1 Å². The molecule has 2 unspecified atom stereocenters. The summed E-state index contributed by atoms with van der Waals surface area (Å²) in [6.07, 6.45) is 3.17. The van der Waals surface area contributed by atoms with Gasteiger partial charge >= 0.3 is 0 Å². The van der Waals surface area contributed by atoms with E-state index >= 15 is 0 Å². The smallest absolute Gasteiger partial charge is 0.262 e. The molecule has 1 spiro atoms. The lowest BCUT2D eigenvalue weighted by molar-refractivity contribution is -0.136. The summed E-state index contributed by atoms with van der Waals surface area (Å²) in [5.74, 6) is -1.93. The molecule has 0 aromatic heterocycles. The Hall–Kier alpha value is -2.62. The van der Waals surface area contributed by atoms with Gasteiger partial charge in [0.2, 0.25) is 11.8 Å². The van der Waals surface area contributed by atoms with Crippen LogP contribution < -0.4 is 16.0 Å². The highest BCUT2D eigenvalue weighted by molar-refractivity contribution is 6.23. The van der Waals surface area contributed by atoms with Crippen molar-refractivity contribution in [2.24, 2.45) is 0 Å². The Kier molecular flexibility index (Phi) is 5.11. The second-order valence-corrected chi connectivity index (χ2v) is 8.71. The number of imide groups is 2. The first-order chi connectivity index (χ1) is 15.0. The summed E-state index contributed by atoms with van der Waals surface area (Å²) in [7, 11) is 0. The van der Waals surface area contributed by atoms with Crippen LogP contribution in [0.1, 0.15) is 58.4 Å². The van der Waals surface area contributed by atoms with Crippen LogP contribution in [0.5, 0.6) is 0 Å². The average molecular weight is 426 g/mol. The number of benzene rings is 1. The molecule has 2 atom stereocenters. The highest BCUT2D eigenvalue weighted by Gasteiger charge is 2.46. The number of hydrogen-bond acceptors (Lipinski definition) is 7. The van der Waals surface area contributed by atoms with Gasteiger partial charge in [-0.25, -0.2) is 0 Å². The van der Waals surface area contributed by atoms with Crippen molar-refractivity contribution in [2.45, 2.75) is 56.3 Å². The second-order valence-electron chi connectivity index (χ2n) is 8.71. The Bertz CT molecular complexity index is 955. The van der Waals surface area contributed by atoms with Gasteiger partial charge in [-0.2, -0.15) is 0 Å². The monoisotopic (exact) mass is 426 g/mol. The van der Waals surface area contributed by atoms with Gasteiger partial charge in [0.1, 0.15) is 6.04 Å². The predicted molar refractivity (Wildman–Crippen MR) is 109 cm³/mol. The van der Waals surface area contributed by atoms with Crippen LogP contribution in [0.3, 0.4) is 0 Å². The van der Waals surface area contributed by atoms with E-state index in [1.165, 1.54) is 0 Å². The zero-order valence-corrected chi connectivity index (χ0v) is 17.2. The van der Waals surface area contributed by atoms with Crippen molar-refractivity contribution in [2.75, 3.05) is 19.7 Å². The fourth-order valence-electron chi connectivity index (χ4n) is 5.24. The van der Waals surface area contributed by atoms with Crippen molar-refractivity contribution in [3.63, 3.8) is 0 Å². The first-order valence-corrected chi connectivity index (χ1v) is 10.9. The average Bonchev–Trinajstić information content (AvgIpc) is 3.25. The molecule has 0 aliphatic carbocycles. The molecule has 5 rings (SSSR count). The molecule has 1 aromatic carbocycles. The third-order valence-electron chi connectivity index (χ3n) is 6.94. The molecule has 9 nitrogen and oxygen atoms in total. The van der Waals surface area contributed by atoms with Crippen molar-refractivity contribution < 1.29 is 23.9 Å². The number of ether oxygens (including phenoxy) is 1. The first-order valence-electron chi connectivity index (χ1n) is 10.9. The Morgan fingerprint density at radius 1 is 1.06 bits per heavy atom. The van der Waals surface area contributed by atoms with E-state index in [0.717, 1.165) is 49.4 Å². The lowest BCUT2D eigenvalue weighted by atomic mass is 9.85. The molecule has 0 saturated carbocycles. The maximum Gasteiger partial charge on any atom is 0.262 e. The fraction of sp³-hybridized carbons (Fsp3) is 0.545. The van der Waals surface area contributed by atoms with Crippen LogP contribution in [0.2, 0.25) is 0 Å². The van der Waals surface area contributed by atoms with Crippen LogP contribution in [-0.4, -0.2) is 65.9 Å². The third-order valence-corrected chi connectivity index (χ3v) is 6.94. The zero-order chi connectivity index (χ0) is 21.6. The van der Waals surface area contributed by atoms with Crippen LogP contribution in [0, 0.1) is 0 Å². The van der Waals surface area contributed by atoms with Crippen molar-refractivity contribution in [3.8, 4) is 0 Å². The van der Waals surface area contributed by atoms with E-state index in [4.69, 9.17) is 4.74 Å². The van der Waals surface area contributed by atoms with Gasteiger partial charge in [-0.3, -0.25) is 29.4 Å². The predicted octanol–water partition coefficient (Wildman–Crippen LogP) is 0.0885. The van der Waals surface area contributed by atoms with E-state index in [9.17, 15) is 19.2 Å². The lowest BCUT2D eigenvalue weighted by Crippen LogP contribution is -2.54. The Labute approximate surface area is 179 Å². The lowest BCUT2D eigenvalue weighted by Gasteiger charge is -2.38. The molecule has 0 bridgehead atoms. The molecule has 4 amide bonds. The number of amides is 4. The Balaban J connectivity index is 1.30. The minimum Gasteiger partial charge on any atom is -0.373 e. The number of nitrogens with one attached hydrogen (secondary N) is 3. The van der Waals surface area contributed by atoms with E-state index < -0.39 is 23.8 Å². The minimum absolute atomic E-state index is 0.111. The number of piperidine rings is 2. The molecule has 4 aliphatic rings.